The first-order valence-electron chi connectivity index (χ1n) is 5.86. The highest BCUT2D eigenvalue weighted by Crippen LogP contribution is 2.20. The van der Waals surface area contributed by atoms with Crippen LogP contribution in [0.25, 0.3) is 0 Å². The zero-order valence-corrected chi connectivity index (χ0v) is 10.8. The molecule has 1 heterocycles. The second-order valence-corrected chi connectivity index (χ2v) is 4.01. The number of anilines is 2. The minimum Gasteiger partial charge on any atom is -0.494 e. The lowest BCUT2D eigenvalue weighted by atomic mass is 10.1. The standard InChI is InChI=1S/C13H15N3O3/c1-3-18-11-6-9(5-10(14)7-11)13(17)15-12-4-8(2)16-19-12/h4-7H,3,14H2,1-2H3,(H,15,17). The van der Waals surface area contributed by atoms with Crippen LogP contribution in [-0.4, -0.2) is 17.7 Å². The van der Waals surface area contributed by atoms with Gasteiger partial charge >= 0.3 is 0 Å². The quantitative estimate of drug-likeness (QED) is 0.823. The summed E-state index contributed by atoms with van der Waals surface area (Å²) < 4.78 is 10.3. The van der Waals surface area contributed by atoms with Crippen LogP contribution in [0.5, 0.6) is 5.75 Å². The van der Waals surface area contributed by atoms with E-state index >= 15 is 0 Å². The second kappa shape index (κ2) is 5.43. The van der Waals surface area contributed by atoms with Crippen molar-refractivity contribution in [1.82, 2.24) is 5.16 Å². The average molecular weight is 261 g/mol. The Kier molecular flexibility index (Phi) is 3.70. The fourth-order valence-electron chi connectivity index (χ4n) is 1.61. The van der Waals surface area contributed by atoms with Crippen LogP contribution in [-0.2, 0) is 0 Å². The van der Waals surface area contributed by atoms with E-state index in [4.69, 9.17) is 15.0 Å². The Bertz CT molecular complexity index is 593. The SMILES string of the molecule is CCOc1cc(N)cc(C(=O)Nc2cc(C)no2)c1. The maximum absolute atomic E-state index is 12.0. The number of benzene rings is 1. The van der Waals surface area contributed by atoms with E-state index in [1.807, 2.05) is 6.92 Å². The topological polar surface area (TPSA) is 90.4 Å². The van der Waals surface area contributed by atoms with Gasteiger partial charge in [0.15, 0.2) is 0 Å². The van der Waals surface area contributed by atoms with Crippen molar-refractivity contribution in [1.29, 1.82) is 0 Å². The molecule has 2 aromatic rings. The third kappa shape index (κ3) is 3.25. The Morgan fingerprint density at radius 2 is 2.21 bits per heavy atom. The lowest BCUT2D eigenvalue weighted by Gasteiger charge is -2.07. The van der Waals surface area contributed by atoms with Crippen molar-refractivity contribution in [3.63, 3.8) is 0 Å². The molecule has 0 spiro atoms. The number of nitrogen functional groups attached to an aromatic ring is 1. The summed E-state index contributed by atoms with van der Waals surface area (Å²) in [5.41, 5.74) is 7.28. The summed E-state index contributed by atoms with van der Waals surface area (Å²) in [4.78, 5) is 12.0. The van der Waals surface area contributed by atoms with Crippen molar-refractivity contribution in [3.05, 3.63) is 35.5 Å². The minimum atomic E-state index is -0.329. The van der Waals surface area contributed by atoms with Crippen molar-refractivity contribution in [2.45, 2.75) is 13.8 Å². The number of carbonyl (C=O) groups excluding carboxylic acids is 1. The van der Waals surface area contributed by atoms with Gasteiger partial charge in [-0.05, 0) is 26.0 Å². The number of nitrogens with two attached hydrogens (primary N) is 1. The van der Waals surface area contributed by atoms with Gasteiger partial charge in [-0.1, -0.05) is 5.16 Å². The molecular formula is C13H15N3O3. The van der Waals surface area contributed by atoms with E-state index in [-0.39, 0.29) is 5.91 Å². The second-order valence-electron chi connectivity index (χ2n) is 4.01. The lowest BCUT2D eigenvalue weighted by molar-refractivity contribution is 0.102. The number of rotatable bonds is 4. The Morgan fingerprint density at radius 3 is 2.84 bits per heavy atom. The highest BCUT2D eigenvalue weighted by molar-refractivity contribution is 6.04. The minimum absolute atomic E-state index is 0.294. The maximum Gasteiger partial charge on any atom is 0.258 e. The van der Waals surface area contributed by atoms with Gasteiger partial charge in [-0.25, -0.2) is 0 Å². The fraction of sp³-hybridized carbons (Fsp3) is 0.231. The van der Waals surface area contributed by atoms with E-state index in [1.165, 1.54) is 0 Å². The molecule has 0 aliphatic carbocycles. The largest absolute Gasteiger partial charge is 0.494 e. The van der Waals surface area contributed by atoms with Gasteiger partial charge in [0, 0.05) is 23.4 Å². The third-order valence-corrected chi connectivity index (χ3v) is 2.37. The number of hydrogen-bond acceptors (Lipinski definition) is 5. The molecule has 2 rings (SSSR count). The van der Waals surface area contributed by atoms with Crippen molar-refractivity contribution >= 4 is 17.5 Å². The first kappa shape index (κ1) is 12.9. The first-order valence-corrected chi connectivity index (χ1v) is 5.86. The monoisotopic (exact) mass is 261 g/mol. The van der Waals surface area contributed by atoms with Crippen LogP contribution in [0.2, 0.25) is 0 Å². The van der Waals surface area contributed by atoms with Crippen molar-refractivity contribution < 1.29 is 14.1 Å². The number of nitrogens with zero attached hydrogens (tertiary/aromatic N) is 1. The van der Waals surface area contributed by atoms with Gasteiger partial charge < -0.3 is 15.0 Å². The Balaban J connectivity index is 2.18. The smallest absolute Gasteiger partial charge is 0.258 e. The molecule has 0 atom stereocenters. The summed E-state index contributed by atoms with van der Waals surface area (Å²) in [6, 6.07) is 6.49. The summed E-state index contributed by atoms with van der Waals surface area (Å²) >= 11 is 0. The predicted molar refractivity (Wildman–Crippen MR) is 71.2 cm³/mol. The van der Waals surface area contributed by atoms with E-state index in [2.05, 4.69) is 10.5 Å². The number of amides is 1. The molecule has 0 unspecified atom stereocenters. The highest BCUT2D eigenvalue weighted by atomic mass is 16.5. The molecule has 1 aromatic heterocycles. The van der Waals surface area contributed by atoms with Gasteiger partial charge in [0.25, 0.3) is 5.91 Å². The van der Waals surface area contributed by atoms with E-state index in [9.17, 15) is 4.79 Å². The molecule has 1 aromatic carbocycles. The van der Waals surface area contributed by atoms with E-state index in [0.29, 0.717) is 35.2 Å². The Morgan fingerprint density at radius 1 is 1.42 bits per heavy atom. The van der Waals surface area contributed by atoms with Crippen LogP contribution in [0.15, 0.2) is 28.8 Å². The van der Waals surface area contributed by atoms with E-state index in [1.54, 1.807) is 31.2 Å². The molecule has 0 fully saturated rings. The lowest BCUT2D eigenvalue weighted by Crippen LogP contribution is -2.12. The molecule has 19 heavy (non-hydrogen) atoms. The molecule has 3 N–H and O–H groups in total. The zero-order chi connectivity index (χ0) is 13.8. The van der Waals surface area contributed by atoms with Crippen LogP contribution in [0.3, 0.4) is 0 Å². The summed E-state index contributed by atoms with van der Waals surface area (Å²) in [6.07, 6.45) is 0. The fourth-order valence-corrected chi connectivity index (χ4v) is 1.61. The molecule has 0 aliphatic rings. The molecular weight excluding hydrogens is 246 g/mol. The van der Waals surface area contributed by atoms with Crippen LogP contribution < -0.4 is 15.8 Å². The maximum atomic E-state index is 12.0. The summed E-state index contributed by atoms with van der Waals surface area (Å²) in [5, 5.41) is 6.29. The number of ether oxygens (including phenoxy) is 1. The molecule has 6 nitrogen and oxygen atoms in total. The van der Waals surface area contributed by atoms with Crippen LogP contribution in [0.4, 0.5) is 11.6 Å². The number of aryl methyl sites for hydroxylation is 1. The van der Waals surface area contributed by atoms with E-state index < -0.39 is 0 Å². The van der Waals surface area contributed by atoms with Gasteiger partial charge in [0.05, 0.1) is 12.3 Å². The van der Waals surface area contributed by atoms with Crippen LogP contribution in [0.1, 0.15) is 23.0 Å². The molecule has 0 radical (unpaired) electrons. The molecule has 0 aliphatic heterocycles. The normalized spacial score (nSPS) is 10.2. The molecule has 0 saturated heterocycles. The van der Waals surface area contributed by atoms with E-state index in [0.717, 1.165) is 0 Å². The van der Waals surface area contributed by atoms with Crippen molar-refractivity contribution in [2.24, 2.45) is 0 Å². The summed E-state index contributed by atoms with van der Waals surface area (Å²) in [5.74, 6) is 0.522. The summed E-state index contributed by atoms with van der Waals surface area (Å²) in [6.45, 7) is 4.14. The van der Waals surface area contributed by atoms with Crippen molar-refractivity contribution in [3.8, 4) is 5.75 Å². The summed E-state index contributed by atoms with van der Waals surface area (Å²) in [7, 11) is 0. The molecule has 0 saturated carbocycles. The number of carbonyl (C=O) groups is 1. The zero-order valence-electron chi connectivity index (χ0n) is 10.8. The third-order valence-electron chi connectivity index (χ3n) is 2.37. The Hall–Kier alpha value is -2.50. The molecule has 0 bridgehead atoms. The molecule has 100 valence electrons. The Labute approximate surface area is 110 Å². The number of nitrogens with one attached hydrogen (secondary N) is 1. The van der Waals surface area contributed by atoms with Gasteiger partial charge in [0.1, 0.15) is 5.75 Å². The molecule has 6 heteroatoms. The van der Waals surface area contributed by atoms with Crippen LogP contribution >= 0.6 is 0 Å². The van der Waals surface area contributed by atoms with Gasteiger partial charge in [-0.2, -0.15) is 0 Å². The molecule has 1 amide bonds. The highest BCUT2D eigenvalue weighted by Gasteiger charge is 2.11. The number of aromatic nitrogens is 1. The van der Waals surface area contributed by atoms with Gasteiger partial charge in [-0.3, -0.25) is 10.1 Å². The van der Waals surface area contributed by atoms with Crippen LogP contribution in [0, 0.1) is 6.92 Å². The average Bonchev–Trinajstić information content (AvgIpc) is 2.74. The first-order chi connectivity index (χ1) is 9.08. The van der Waals surface area contributed by atoms with Gasteiger partial charge in [-0.15, -0.1) is 0 Å². The predicted octanol–water partition coefficient (Wildman–Crippen LogP) is 2.22. The van der Waals surface area contributed by atoms with Crippen molar-refractivity contribution in [2.75, 3.05) is 17.7 Å². The van der Waals surface area contributed by atoms with Gasteiger partial charge in [0.2, 0.25) is 5.88 Å². The number of hydrogen-bond donors (Lipinski definition) is 2.